The predicted molar refractivity (Wildman–Crippen MR) is 245 cm³/mol. The highest BCUT2D eigenvalue weighted by molar-refractivity contribution is 5.02. The summed E-state index contributed by atoms with van der Waals surface area (Å²) in [6.07, 6.45) is 66.1. The molecular formula is C52H102N2. The Labute approximate surface area is 342 Å². The van der Waals surface area contributed by atoms with Crippen LogP contribution < -0.4 is 0 Å². The summed E-state index contributed by atoms with van der Waals surface area (Å²) in [6.45, 7) is 9.42. The van der Waals surface area contributed by atoms with Crippen molar-refractivity contribution >= 4 is 0 Å². The van der Waals surface area contributed by atoms with Crippen molar-refractivity contribution in [3.63, 3.8) is 0 Å². The zero-order valence-electron chi connectivity index (χ0n) is 38.1. The van der Waals surface area contributed by atoms with Crippen molar-refractivity contribution in [2.75, 3.05) is 0 Å². The van der Waals surface area contributed by atoms with Crippen LogP contribution in [0.3, 0.4) is 0 Å². The molecule has 320 valence electrons. The largest absolute Gasteiger partial charge is 0.332 e. The Morgan fingerprint density at radius 1 is 0.352 bits per heavy atom. The molecule has 0 aromatic carbocycles. The van der Waals surface area contributed by atoms with E-state index < -0.39 is 0 Å². The standard InChI is InChI=1S/C52H102N2/c1-5-8-11-14-17-20-23-25-27-29-32-35-38-41-44-47-51(46-43-40-37-34-31-28-26-24-21-18-15-12-9-6-2)52-53-48-49-54(52)50(4)45-42-39-36-33-30-22-19-16-13-10-7-3/h48-51H,5-47H2,1-4H3. The van der Waals surface area contributed by atoms with Gasteiger partial charge in [-0.05, 0) is 26.2 Å². The van der Waals surface area contributed by atoms with Crippen molar-refractivity contribution in [2.24, 2.45) is 0 Å². The maximum absolute atomic E-state index is 5.08. The molecule has 0 radical (unpaired) electrons. The van der Waals surface area contributed by atoms with Crippen LogP contribution in [0.25, 0.3) is 0 Å². The van der Waals surface area contributed by atoms with Crippen LogP contribution in [0.5, 0.6) is 0 Å². The van der Waals surface area contributed by atoms with Crippen molar-refractivity contribution in [1.29, 1.82) is 0 Å². The molecule has 2 unspecified atom stereocenters. The van der Waals surface area contributed by atoms with Crippen LogP contribution in [0.15, 0.2) is 12.4 Å². The van der Waals surface area contributed by atoms with Gasteiger partial charge in [-0.25, -0.2) is 4.98 Å². The fraction of sp³-hybridized carbons (Fsp3) is 0.942. The van der Waals surface area contributed by atoms with Crippen molar-refractivity contribution in [3.05, 3.63) is 18.2 Å². The van der Waals surface area contributed by atoms with Gasteiger partial charge in [-0.1, -0.05) is 278 Å². The molecule has 1 aromatic heterocycles. The van der Waals surface area contributed by atoms with Crippen molar-refractivity contribution in [3.8, 4) is 0 Å². The summed E-state index contributed by atoms with van der Waals surface area (Å²) < 4.78 is 2.61. The summed E-state index contributed by atoms with van der Waals surface area (Å²) in [6, 6.07) is 0.584. The van der Waals surface area contributed by atoms with Crippen molar-refractivity contribution < 1.29 is 0 Å². The fourth-order valence-electron chi connectivity index (χ4n) is 9.01. The van der Waals surface area contributed by atoms with E-state index in [1.54, 1.807) is 0 Å². The van der Waals surface area contributed by atoms with Crippen LogP contribution >= 0.6 is 0 Å². The highest BCUT2D eigenvalue weighted by atomic mass is 15.1. The molecule has 2 heteroatoms. The molecule has 0 saturated carbocycles. The van der Waals surface area contributed by atoms with Crippen molar-refractivity contribution in [1.82, 2.24) is 9.55 Å². The number of imidazole rings is 1. The number of aromatic nitrogens is 2. The monoisotopic (exact) mass is 755 g/mol. The molecule has 0 spiro atoms. The molecule has 2 nitrogen and oxygen atoms in total. The zero-order chi connectivity index (χ0) is 38.8. The molecule has 54 heavy (non-hydrogen) atoms. The second kappa shape index (κ2) is 41.8. The Morgan fingerprint density at radius 2 is 0.593 bits per heavy atom. The summed E-state index contributed by atoms with van der Waals surface area (Å²) in [4.78, 5) is 5.08. The molecule has 0 saturated heterocycles. The molecule has 0 bridgehead atoms. The molecule has 1 heterocycles. The topological polar surface area (TPSA) is 17.8 Å². The minimum atomic E-state index is 0.584. The lowest BCUT2D eigenvalue weighted by Crippen LogP contribution is -2.13. The average Bonchev–Trinajstić information content (AvgIpc) is 3.68. The third kappa shape index (κ3) is 32.3. The predicted octanol–water partition coefficient (Wildman–Crippen LogP) is 19.4. The highest BCUT2D eigenvalue weighted by Crippen LogP contribution is 2.31. The highest BCUT2D eigenvalue weighted by Gasteiger charge is 2.19. The van der Waals surface area contributed by atoms with Gasteiger partial charge in [0.2, 0.25) is 0 Å². The van der Waals surface area contributed by atoms with Gasteiger partial charge in [0.1, 0.15) is 5.82 Å². The van der Waals surface area contributed by atoms with Gasteiger partial charge in [0.05, 0.1) is 0 Å². The van der Waals surface area contributed by atoms with E-state index in [2.05, 4.69) is 44.7 Å². The number of nitrogens with zero attached hydrogens (tertiary/aromatic N) is 2. The van der Waals surface area contributed by atoms with E-state index in [0.29, 0.717) is 12.0 Å². The molecule has 0 aliphatic rings. The van der Waals surface area contributed by atoms with Gasteiger partial charge < -0.3 is 4.57 Å². The summed E-state index contributed by atoms with van der Waals surface area (Å²) in [5.74, 6) is 2.07. The Balaban J connectivity index is 2.36. The van der Waals surface area contributed by atoms with E-state index >= 15 is 0 Å². The molecule has 0 N–H and O–H groups in total. The van der Waals surface area contributed by atoms with E-state index in [0.717, 1.165) is 0 Å². The first-order chi connectivity index (χ1) is 26.7. The second-order valence-corrected chi connectivity index (χ2v) is 18.2. The van der Waals surface area contributed by atoms with Gasteiger partial charge in [0, 0.05) is 24.4 Å². The molecule has 0 fully saturated rings. The van der Waals surface area contributed by atoms with Crippen LogP contribution in [-0.4, -0.2) is 9.55 Å². The van der Waals surface area contributed by atoms with Gasteiger partial charge in [0.25, 0.3) is 0 Å². The third-order valence-corrected chi connectivity index (χ3v) is 12.8. The van der Waals surface area contributed by atoms with Gasteiger partial charge in [-0.2, -0.15) is 0 Å². The maximum Gasteiger partial charge on any atom is 0.111 e. The van der Waals surface area contributed by atoms with E-state index in [4.69, 9.17) is 4.98 Å². The van der Waals surface area contributed by atoms with Gasteiger partial charge in [0.15, 0.2) is 0 Å². The molecule has 2 atom stereocenters. The van der Waals surface area contributed by atoms with Crippen LogP contribution in [0.2, 0.25) is 0 Å². The van der Waals surface area contributed by atoms with E-state index in [9.17, 15) is 0 Å². The van der Waals surface area contributed by atoms with Crippen LogP contribution in [0.1, 0.15) is 322 Å². The lowest BCUT2D eigenvalue weighted by atomic mass is 9.92. The lowest BCUT2D eigenvalue weighted by Gasteiger charge is -2.22. The summed E-state index contributed by atoms with van der Waals surface area (Å²) in [7, 11) is 0. The Kier molecular flexibility index (Phi) is 39.7. The molecule has 1 rings (SSSR count). The van der Waals surface area contributed by atoms with Gasteiger partial charge >= 0.3 is 0 Å². The smallest absolute Gasteiger partial charge is 0.111 e. The number of hydrogen-bond acceptors (Lipinski definition) is 1. The van der Waals surface area contributed by atoms with Crippen molar-refractivity contribution in [2.45, 2.75) is 316 Å². The SMILES string of the molecule is CCCCCCCCCCCCCCCCCC(CCCCCCCCCCCCCCCC)c1nccn1C(C)CCCCCCCCCCCCC. The van der Waals surface area contributed by atoms with E-state index in [1.807, 2.05) is 0 Å². The number of hydrogen-bond donors (Lipinski definition) is 0. The lowest BCUT2D eigenvalue weighted by molar-refractivity contribution is 0.412. The summed E-state index contributed by atoms with van der Waals surface area (Å²) in [5.41, 5.74) is 0. The minimum absolute atomic E-state index is 0.584. The zero-order valence-corrected chi connectivity index (χ0v) is 38.1. The third-order valence-electron chi connectivity index (χ3n) is 12.8. The molecular weight excluding hydrogens is 653 g/mol. The average molecular weight is 755 g/mol. The Morgan fingerprint density at radius 3 is 0.870 bits per heavy atom. The second-order valence-electron chi connectivity index (χ2n) is 18.2. The first-order valence-electron chi connectivity index (χ1n) is 25.8. The van der Waals surface area contributed by atoms with Gasteiger partial charge in [-0.15, -0.1) is 0 Å². The first kappa shape index (κ1) is 51.2. The van der Waals surface area contributed by atoms with Crippen LogP contribution in [-0.2, 0) is 0 Å². The molecule has 0 amide bonds. The molecule has 0 aliphatic carbocycles. The minimum Gasteiger partial charge on any atom is -0.332 e. The van der Waals surface area contributed by atoms with E-state index in [-0.39, 0.29) is 0 Å². The maximum atomic E-state index is 5.08. The fourth-order valence-corrected chi connectivity index (χ4v) is 9.01. The normalized spacial score (nSPS) is 12.9. The summed E-state index contributed by atoms with van der Waals surface area (Å²) >= 11 is 0. The molecule has 0 aliphatic heterocycles. The number of unbranched alkanes of at least 4 members (excludes halogenated alkanes) is 37. The molecule has 1 aromatic rings. The Bertz CT molecular complexity index is 828. The van der Waals surface area contributed by atoms with Crippen LogP contribution in [0.4, 0.5) is 0 Å². The Hall–Kier alpha value is -0.790. The number of rotatable bonds is 45. The van der Waals surface area contributed by atoms with Crippen LogP contribution in [0, 0.1) is 0 Å². The quantitative estimate of drug-likeness (QED) is 0.0606. The van der Waals surface area contributed by atoms with Gasteiger partial charge in [-0.3, -0.25) is 0 Å². The first-order valence-corrected chi connectivity index (χ1v) is 25.8. The summed E-state index contributed by atoms with van der Waals surface area (Å²) in [5, 5.41) is 0. The van der Waals surface area contributed by atoms with E-state index in [1.165, 1.54) is 282 Å².